The Bertz CT molecular complexity index is 626. The molecular formula is C14H20ClNO4S. The van der Waals surface area contributed by atoms with Gasteiger partial charge in [-0.2, -0.15) is 0 Å². The van der Waals surface area contributed by atoms with E-state index in [0.29, 0.717) is 11.5 Å². The molecule has 1 aromatic rings. The van der Waals surface area contributed by atoms with E-state index in [9.17, 15) is 13.2 Å². The molecule has 0 spiro atoms. The summed E-state index contributed by atoms with van der Waals surface area (Å²) in [4.78, 5) is 11.8. The third-order valence-electron chi connectivity index (χ3n) is 3.03. The standard InChI is InChI=1S/C14H20ClNO4S/c1-9(2)5-4-6-20-14(17)12-7-11(21(16,18)19)8-13(15)10(12)3/h7-9H,4-6H2,1-3H3,(H2,16,18,19). The van der Waals surface area contributed by atoms with Crippen LogP contribution in [0.2, 0.25) is 5.02 Å². The van der Waals surface area contributed by atoms with E-state index in [2.05, 4.69) is 13.8 Å². The second-order valence-corrected chi connectivity index (χ2v) is 7.26. The number of esters is 1. The molecule has 0 aromatic heterocycles. The van der Waals surface area contributed by atoms with Crippen molar-refractivity contribution < 1.29 is 17.9 Å². The van der Waals surface area contributed by atoms with Gasteiger partial charge in [0.25, 0.3) is 0 Å². The van der Waals surface area contributed by atoms with E-state index in [-0.39, 0.29) is 22.1 Å². The van der Waals surface area contributed by atoms with Crippen LogP contribution in [0.3, 0.4) is 0 Å². The number of sulfonamides is 1. The molecule has 0 saturated heterocycles. The van der Waals surface area contributed by atoms with Crippen molar-refractivity contribution in [3.63, 3.8) is 0 Å². The molecule has 7 heteroatoms. The lowest BCUT2D eigenvalue weighted by molar-refractivity contribution is 0.0493. The minimum atomic E-state index is -3.93. The number of nitrogens with two attached hydrogens (primary N) is 1. The van der Waals surface area contributed by atoms with Gasteiger partial charge in [-0.1, -0.05) is 25.4 Å². The van der Waals surface area contributed by atoms with Crippen LogP contribution in [0.5, 0.6) is 0 Å². The number of benzene rings is 1. The fourth-order valence-corrected chi connectivity index (χ4v) is 2.61. The number of hydrogen-bond donors (Lipinski definition) is 1. The number of primary sulfonamides is 1. The van der Waals surface area contributed by atoms with Crippen LogP contribution < -0.4 is 5.14 Å². The lowest BCUT2D eigenvalue weighted by Gasteiger charge is -2.11. The van der Waals surface area contributed by atoms with Crippen LogP contribution in [0.1, 0.15) is 42.6 Å². The predicted molar refractivity (Wildman–Crippen MR) is 81.9 cm³/mol. The molecule has 0 amide bonds. The summed E-state index contributed by atoms with van der Waals surface area (Å²) in [7, 11) is -3.93. The van der Waals surface area contributed by atoms with Gasteiger partial charge in [-0.3, -0.25) is 0 Å². The van der Waals surface area contributed by atoms with Gasteiger partial charge in [0.1, 0.15) is 0 Å². The van der Waals surface area contributed by atoms with Gasteiger partial charge in [-0.25, -0.2) is 18.4 Å². The van der Waals surface area contributed by atoms with Gasteiger partial charge in [-0.15, -0.1) is 0 Å². The van der Waals surface area contributed by atoms with E-state index < -0.39 is 16.0 Å². The smallest absolute Gasteiger partial charge is 0.338 e. The average molecular weight is 334 g/mol. The van der Waals surface area contributed by atoms with Gasteiger partial charge in [-0.05, 0) is 43.4 Å². The molecule has 1 rings (SSSR count). The molecular weight excluding hydrogens is 314 g/mol. The topological polar surface area (TPSA) is 86.5 Å². The third kappa shape index (κ3) is 5.30. The van der Waals surface area contributed by atoms with E-state index in [0.717, 1.165) is 12.8 Å². The van der Waals surface area contributed by atoms with Crippen molar-refractivity contribution in [1.82, 2.24) is 0 Å². The minimum absolute atomic E-state index is 0.121. The molecule has 5 nitrogen and oxygen atoms in total. The normalized spacial score (nSPS) is 11.7. The van der Waals surface area contributed by atoms with Crippen molar-refractivity contribution in [2.75, 3.05) is 6.61 Å². The lowest BCUT2D eigenvalue weighted by atomic mass is 10.1. The Kier molecular flexibility index (Phi) is 6.19. The first-order valence-electron chi connectivity index (χ1n) is 6.63. The van der Waals surface area contributed by atoms with E-state index in [1.807, 2.05) is 0 Å². The van der Waals surface area contributed by atoms with Crippen LogP contribution in [0.25, 0.3) is 0 Å². The van der Waals surface area contributed by atoms with E-state index in [1.165, 1.54) is 12.1 Å². The van der Waals surface area contributed by atoms with Crippen molar-refractivity contribution in [2.24, 2.45) is 11.1 Å². The largest absolute Gasteiger partial charge is 0.462 e. The fraction of sp³-hybridized carbons (Fsp3) is 0.500. The van der Waals surface area contributed by atoms with E-state index in [1.54, 1.807) is 6.92 Å². The highest BCUT2D eigenvalue weighted by molar-refractivity contribution is 7.89. The van der Waals surface area contributed by atoms with Gasteiger partial charge < -0.3 is 4.74 Å². The summed E-state index contributed by atoms with van der Waals surface area (Å²) in [6.45, 7) is 6.08. The second kappa shape index (κ2) is 7.24. The molecule has 1 aromatic carbocycles. The number of carbonyl (C=O) groups is 1. The van der Waals surface area contributed by atoms with Crippen LogP contribution in [0, 0.1) is 12.8 Å². The Labute approximate surface area is 130 Å². The number of halogens is 1. The SMILES string of the molecule is Cc1c(Cl)cc(S(N)(=O)=O)cc1C(=O)OCCCC(C)C. The van der Waals surface area contributed by atoms with Crippen LogP contribution in [-0.2, 0) is 14.8 Å². The molecule has 0 aliphatic heterocycles. The first-order chi connectivity index (χ1) is 9.62. The number of hydrogen-bond acceptors (Lipinski definition) is 4. The zero-order chi connectivity index (χ0) is 16.2. The van der Waals surface area contributed by atoms with Crippen LogP contribution >= 0.6 is 11.6 Å². The lowest BCUT2D eigenvalue weighted by Crippen LogP contribution is -2.15. The van der Waals surface area contributed by atoms with Gasteiger partial charge in [0.15, 0.2) is 0 Å². The van der Waals surface area contributed by atoms with Gasteiger partial charge in [0.2, 0.25) is 10.0 Å². The van der Waals surface area contributed by atoms with Gasteiger partial charge >= 0.3 is 5.97 Å². The number of rotatable bonds is 6. The molecule has 0 atom stereocenters. The highest BCUT2D eigenvalue weighted by Crippen LogP contribution is 2.24. The zero-order valence-electron chi connectivity index (χ0n) is 12.3. The summed E-state index contributed by atoms with van der Waals surface area (Å²) in [5, 5.41) is 5.22. The molecule has 0 bridgehead atoms. The molecule has 2 N–H and O–H groups in total. The highest BCUT2D eigenvalue weighted by Gasteiger charge is 2.18. The molecule has 0 fully saturated rings. The summed E-state index contributed by atoms with van der Waals surface area (Å²) < 4.78 is 27.9. The van der Waals surface area contributed by atoms with Crippen molar-refractivity contribution in [1.29, 1.82) is 0 Å². The van der Waals surface area contributed by atoms with Gasteiger partial charge in [0, 0.05) is 5.02 Å². The maximum atomic E-state index is 12.0. The van der Waals surface area contributed by atoms with Crippen molar-refractivity contribution in [2.45, 2.75) is 38.5 Å². The molecule has 21 heavy (non-hydrogen) atoms. The Morgan fingerprint density at radius 3 is 2.52 bits per heavy atom. The Hall–Kier alpha value is -1.11. The van der Waals surface area contributed by atoms with Crippen molar-refractivity contribution >= 4 is 27.6 Å². The Morgan fingerprint density at radius 2 is 2.00 bits per heavy atom. The number of carbonyl (C=O) groups excluding carboxylic acids is 1. The quantitative estimate of drug-likeness (QED) is 0.640. The summed E-state index contributed by atoms with van der Waals surface area (Å²) in [6.07, 6.45) is 1.70. The second-order valence-electron chi connectivity index (χ2n) is 5.29. The first-order valence-corrected chi connectivity index (χ1v) is 8.55. The average Bonchev–Trinajstić information content (AvgIpc) is 2.35. The highest BCUT2D eigenvalue weighted by atomic mass is 35.5. The molecule has 0 heterocycles. The summed E-state index contributed by atoms with van der Waals surface area (Å²) in [5.74, 6) is -0.0609. The third-order valence-corrected chi connectivity index (χ3v) is 4.31. The van der Waals surface area contributed by atoms with Crippen LogP contribution in [0.15, 0.2) is 17.0 Å². The Morgan fingerprint density at radius 1 is 1.38 bits per heavy atom. The zero-order valence-corrected chi connectivity index (χ0v) is 13.9. The predicted octanol–water partition coefficient (Wildman–Crippen LogP) is 2.89. The van der Waals surface area contributed by atoms with E-state index in [4.69, 9.17) is 21.5 Å². The summed E-state index contributed by atoms with van der Waals surface area (Å²) in [6, 6.07) is 2.42. The Balaban J connectivity index is 2.91. The minimum Gasteiger partial charge on any atom is -0.462 e. The molecule has 0 aliphatic carbocycles. The maximum absolute atomic E-state index is 12.0. The summed E-state index contributed by atoms with van der Waals surface area (Å²) >= 11 is 5.94. The molecule has 0 unspecified atom stereocenters. The molecule has 118 valence electrons. The summed E-state index contributed by atoms with van der Waals surface area (Å²) in [5.41, 5.74) is 0.592. The first kappa shape index (κ1) is 17.9. The van der Waals surface area contributed by atoms with E-state index >= 15 is 0 Å². The molecule has 0 saturated carbocycles. The van der Waals surface area contributed by atoms with Crippen molar-refractivity contribution in [3.05, 3.63) is 28.3 Å². The van der Waals surface area contributed by atoms with Gasteiger partial charge in [0.05, 0.1) is 17.1 Å². The van der Waals surface area contributed by atoms with Crippen LogP contribution in [0.4, 0.5) is 0 Å². The maximum Gasteiger partial charge on any atom is 0.338 e. The monoisotopic (exact) mass is 333 g/mol. The molecule has 0 aliphatic rings. The van der Waals surface area contributed by atoms with Crippen LogP contribution in [-0.4, -0.2) is 21.0 Å². The number of ether oxygens (including phenoxy) is 1. The van der Waals surface area contributed by atoms with Crippen molar-refractivity contribution in [3.8, 4) is 0 Å². The fourth-order valence-electron chi connectivity index (χ4n) is 1.76. The molecule has 0 radical (unpaired) electrons.